The number of hydrogen-bond donors (Lipinski definition) is 0. The van der Waals surface area contributed by atoms with Crippen LogP contribution in [0.1, 0.15) is 12.0 Å². The first kappa shape index (κ1) is 14.9. The van der Waals surface area contributed by atoms with Crippen molar-refractivity contribution in [2.24, 2.45) is 0 Å². The summed E-state index contributed by atoms with van der Waals surface area (Å²) in [5.74, 6) is 0.431. The fourth-order valence-electron chi connectivity index (χ4n) is 1.92. The van der Waals surface area contributed by atoms with Gasteiger partial charge < -0.3 is 0 Å². The predicted octanol–water partition coefficient (Wildman–Crippen LogP) is 2.34. The minimum absolute atomic E-state index is 0.148. The van der Waals surface area contributed by atoms with Crippen LogP contribution in [0.4, 0.5) is 0 Å². The van der Waals surface area contributed by atoms with Crippen molar-refractivity contribution >= 4 is 23.2 Å². The van der Waals surface area contributed by atoms with Crippen molar-refractivity contribution in [1.29, 1.82) is 0 Å². The molecule has 20 heavy (non-hydrogen) atoms. The van der Waals surface area contributed by atoms with Gasteiger partial charge in [0.1, 0.15) is 5.15 Å². The van der Waals surface area contributed by atoms with Gasteiger partial charge in [-0.1, -0.05) is 41.9 Å². The van der Waals surface area contributed by atoms with Gasteiger partial charge in [0.15, 0.2) is 0 Å². The molecule has 0 aliphatic heterocycles. The summed E-state index contributed by atoms with van der Waals surface area (Å²) in [4.78, 5) is 24.2. The molecule has 0 amide bonds. The zero-order valence-electron chi connectivity index (χ0n) is 10.8. The molecule has 1 aromatic carbocycles. The summed E-state index contributed by atoms with van der Waals surface area (Å²) >= 11 is 11.6. The molecule has 0 unspecified atom stereocenters. The Bertz CT molecular complexity index is 693. The third kappa shape index (κ3) is 3.32. The minimum atomic E-state index is -0.406. The Kier molecular flexibility index (Phi) is 5.04. The number of nitrogens with zero attached hydrogens (tertiary/aromatic N) is 2. The predicted molar refractivity (Wildman–Crippen MR) is 80.9 cm³/mol. The van der Waals surface area contributed by atoms with Gasteiger partial charge in [-0.25, -0.2) is 4.79 Å². The van der Waals surface area contributed by atoms with Gasteiger partial charge in [-0.3, -0.25) is 13.9 Å². The Morgan fingerprint density at radius 1 is 1.05 bits per heavy atom. The summed E-state index contributed by atoms with van der Waals surface area (Å²) in [6, 6.07) is 10.6. The molecule has 0 spiro atoms. The maximum Gasteiger partial charge on any atom is 0.332 e. The lowest BCUT2D eigenvalue weighted by Crippen LogP contribution is -2.40. The minimum Gasteiger partial charge on any atom is -0.284 e. The fraction of sp³-hybridized carbons (Fsp3) is 0.286. The van der Waals surface area contributed by atoms with Crippen LogP contribution in [-0.2, 0) is 13.1 Å². The largest absolute Gasteiger partial charge is 0.332 e. The molecule has 0 saturated heterocycles. The first-order valence-corrected chi connectivity index (χ1v) is 7.15. The van der Waals surface area contributed by atoms with Crippen molar-refractivity contribution < 1.29 is 0 Å². The number of hydrogen-bond acceptors (Lipinski definition) is 2. The zero-order valence-corrected chi connectivity index (χ0v) is 12.3. The highest BCUT2D eigenvalue weighted by Gasteiger charge is 2.10. The molecule has 0 saturated carbocycles. The molecule has 0 N–H and O–H groups in total. The summed E-state index contributed by atoms with van der Waals surface area (Å²) in [6.07, 6.45) is 0.616. The molecule has 0 radical (unpaired) electrons. The molecule has 0 bridgehead atoms. The van der Waals surface area contributed by atoms with Gasteiger partial charge in [-0.05, 0) is 12.0 Å². The van der Waals surface area contributed by atoms with E-state index in [1.165, 1.54) is 15.2 Å². The van der Waals surface area contributed by atoms with Crippen molar-refractivity contribution in [1.82, 2.24) is 9.13 Å². The third-order valence-corrected chi connectivity index (χ3v) is 3.51. The molecule has 1 heterocycles. The van der Waals surface area contributed by atoms with E-state index >= 15 is 0 Å². The highest BCUT2D eigenvalue weighted by atomic mass is 35.5. The standard InChI is InChI=1S/C14H14Cl2N2O2/c15-7-4-8-17-12(16)9-13(19)18(14(17)20)10-11-5-2-1-3-6-11/h1-3,5-6,9H,4,7-8,10H2. The van der Waals surface area contributed by atoms with Gasteiger partial charge in [0.2, 0.25) is 0 Å². The second kappa shape index (κ2) is 6.77. The summed E-state index contributed by atoms with van der Waals surface area (Å²) in [7, 11) is 0. The zero-order chi connectivity index (χ0) is 14.5. The van der Waals surface area contributed by atoms with E-state index in [-0.39, 0.29) is 11.7 Å². The van der Waals surface area contributed by atoms with Crippen molar-refractivity contribution in [3.8, 4) is 0 Å². The van der Waals surface area contributed by atoms with Gasteiger partial charge in [0, 0.05) is 18.5 Å². The Balaban J connectivity index is 2.43. The first-order valence-electron chi connectivity index (χ1n) is 6.23. The number of rotatable bonds is 5. The van der Waals surface area contributed by atoms with Crippen molar-refractivity contribution in [2.45, 2.75) is 19.5 Å². The number of aromatic nitrogens is 2. The maximum absolute atomic E-state index is 12.3. The van der Waals surface area contributed by atoms with E-state index in [0.29, 0.717) is 18.8 Å². The summed E-state index contributed by atoms with van der Waals surface area (Å²) < 4.78 is 2.55. The van der Waals surface area contributed by atoms with Crippen LogP contribution in [0.3, 0.4) is 0 Å². The Morgan fingerprint density at radius 3 is 2.40 bits per heavy atom. The second-order valence-electron chi connectivity index (χ2n) is 4.35. The molecule has 0 aliphatic carbocycles. The Hall–Kier alpha value is -1.52. The van der Waals surface area contributed by atoms with Gasteiger partial charge in [0.05, 0.1) is 6.54 Å². The van der Waals surface area contributed by atoms with Crippen molar-refractivity contribution in [3.05, 3.63) is 68.0 Å². The van der Waals surface area contributed by atoms with E-state index in [1.807, 2.05) is 30.3 Å². The van der Waals surface area contributed by atoms with Crippen LogP contribution in [0.25, 0.3) is 0 Å². The van der Waals surface area contributed by atoms with Crippen molar-refractivity contribution in [3.63, 3.8) is 0 Å². The monoisotopic (exact) mass is 312 g/mol. The molecule has 2 aromatic rings. The molecular weight excluding hydrogens is 299 g/mol. The molecule has 2 rings (SSSR count). The van der Waals surface area contributed by atoms with Crippen LogP contribution in [0, 0.1) is 0 Å². The van der Waals surface area contributed by atoms with Crippen molar-refractivity contribution in [2.75, 3.05) is 5.88 Å². The van der Waals surface area contributed by atoms with Crippen LogP contribution < -0.4 is 11.2 Å². The van der Waals surface area contributed by atoms with E-state index < -0.39 is 11.2 Å². The average molecular weight is 313 g/mol. The van der Waals surface area contributed by atoms with Gasteiger partial charge in [-0.15, -0.1) is 11.6 Å². The van der Waals surface area contributed by atoms with Crippen LogP contribution in [0.5, 0.6) is 0 Å². The first-order chi connectivity index (χ1) is 9.63. The lowest BCUT2D eigenvalue weighted by atomic mass is 10.2. The van der Waals surface area contributed by atoms with Gasteiger partial charge in [0.25, 0.3) is 5.56 Å². The molecule has 4 nitrogen and oxygen atoms in total. The lowest BCUT2D eigenvalue weighted by molar-refractivity contribution is 0.573. The highest BCUT2D eigenvalue weighted by molar-refractivity contribution is 6.29. The molecule has 6 heteroatoms. The molecular formula is C14H14Cl2N2O2. The Labute approximate surface area is 126 Å². The normalized spacial score (nSPS) is 10.7. The lowest BCUT2D eigenvalue weighted by Gasteiger charge is -2.11. The third-order valence-electron chi connectivity index (χ3n) is 2.93. The van der Waals surface area contributed by atoms with Crippen LogP contribution in [-0.4, -0.2) is 15.0 Å². The van der Waals surface area contributed by atoms with Crippen LogP contribution in [0.2, 0.25) is 5.15 Å². The van der Waals surface area contributed by atoms with E-state index in [1.54, 1.807) is 0 Å². The quantitative estimate of drug-likeness (QED) is 0.628. The van der Waals surface area contributed by atoms with E-state index in [2.05, 4.69) is 0 Å². The SMILES string of the molecule is O=c1cc(Cl)n(CCCCl)c(=O)n1Cc1ccccc1. The topological polar surface area (TPSA) is 44.0 Å². The fourth-order valence-corrected chi connectivity index (χ4v) is 2.29. The van der Waals surface area contributed by atoms with E-state index in [0.717, 1.165) is 5.56 Å². The van der Waals surface area contributed by atoms with E-state index in [9.17, 15) is 9.59 Å². The van der Waals surface area contributed by atoms with E-state index in [4.69, 9.17) is 23.2 Å². The average Bonchev–Trinajstić information content (AvgIpc) is 2.44. The smallest absolute Gasteiger partial charge is 0.284 e. The summed E-state index contributed by atoms with van der Waals surface area (Å²) in [5.41, 5.74) is 0.0837. The summed E-state index contributed by atoms with van der Waals surface area (Å²) in [6.45, 7) is 0.632. The van der Waals surface area contributed by atoms with Gasteiger partial charge >= 0.3 is 5.69 Å². The van der Waals surface area contributed by atoms with Crippen LogP contribution >= 0.6 is 23.2 Å². The molecule has 0 fully saturated rings. The maximum atomic E-state index is 12.3. The van der Waals surface area contributed by atoms with Gasteiger partial charge in [-0.2, -0.15) is 0 Å². The summed E-state index contributed by atoms with van der Waals surface area (Å²) in [5, 5.41) is 0.148. The Morgan fingerprint density at radius 2 is 1.75 bits per heavy atom. The van der Waals surface area contributed by atoms with Crippen LogP contribution in [0.15, 0.2) is 46.0 Å². The molecule has 1 aromatic heterocycles. The molecule has 0 aliphatic rings. The number of benzene rings is 1. The molecule has 106 valence electrons. The number of halogens is 2. The molecule has 0 atom stereocenters. The number of alkyl halides is 1. The second-order valence-corrected chi connectivity index (χ2v) is 5.12. The highest BCUT2D eigenvalue weighted by Crippen LogP contribution is 2.05.